The summed E-state index contributed by atoms with van der Waals surface area (Å²) in [5.41, 5.74) is 6.48. The van der Waals surface area contributed by atoms with Gasteiger partial charge in [0, 0.05) is 17.6 Å². The lowest BCUT2D eigenvalue weighted by molar-refractivity contribution is 0.102. The van der Waals surface area contributed by atoms with Crippen LogP contribution >= 0.6 is 35.3 Å². The van der Waals surface area contributed by atoms with E-state index in [0.717, 1.165) is 17.8 Å². The molecule has 3 rings (SSSR count). The van der Waals surface area contributed by atoms with Gasteiger partial charge < -0.3 is 15.8 Å². The molecule has 130 valence electrons. The minimum Gasteiger partial charge on any atom is -0.489 e. The van der Waals surface area contributed by atoms with Crippen molar-refractivity contribution in [2.24, 2.45) is 5.73 Å². The summed E-state index contributed by atoms with van der Waals surface area (Å²) in [6, 6.07) is 5.27. The molecule has 1 heterocycles. The molecule has 5 nitrogen and oxygen atoms in total. The van der Waals surface area contributed by atoms with Crippen LogP contribution in [0, 0.1) is 0 Å². The van der Waals surface area contributed by atoms with Gasteiger partial charge in [-0.25, -0.2) is 4.98 Å². The van der Waals surface area contributed by atoms with Gasteiger partial charge in [0.25, 0.3) is 5.91 Å². The van der Waals surface area contributed by atoms with Gasteiger partial charge in [-0.3, -0.25) is 4.79 Å². The Morgan fingerprint density at radius 2 is 2.17 bits per heavy atom. The first-order valence-corrected chi connectivity index (χ1v) is 8.83. The van der Waals surface area contributed by atoms with Gasteiger partial charge in [0.05, 0.1) is 11.1 Å². The maximum Gasteiger partial charge on any atom is 0.275 e. The van der Waals surface area contributed by atoms with Crippen LogP contribution < -0.4 is 15.8 Å². The Labute approximate surface area is 156 Å². The molecule has 0 saturated heterocycles. The molecule has 0 spiro atoms. The van der Waals surface area contributed by atoms with Gasteiger partial charge in [0.1, 0.15) is 16.5 Å². The number of carbonyl (C=O) groups excluding carboxylic acids is 1. The second-order valence-corrected chi connectivity index (χ2v) is 6.80. The summed E-state index contributed by atoms with van der Waals surface area (Å²) >= 11 is 7.63. The normalized spacial score (nSPS) is 14.2. The Morgan fingerprint density at radius 3 is 2.79 bits per heavy atom. The SMILES string of the molecule is Cl.NCc1nc(C(=O)Nc2ccc(OC3CCCC3)c(Cl)c2)cs1. The van der Waals surface area contributed by atoms with E-state index in [4.69, 9.17) is 22.1 Å². The number of aromatic nitrogens is 1. The summed E-state index contributed by atoms with van der Waals surface area (Å²) in [4.78, 5) is 16.3. The Bertz CT molecular complexity index is 702. The predicted octanol–water partition coefficient (Wildman–Crippen LogP) is 4.25. The zero-order valence-electron chi connectivity index (χ0n) is 13.0. The molecule has 0 bridgehead atoms. The number of halogens is 2. The molecule has 0 atom stereocenters. The van der Waals surface area contributed by atoms with E-state index in [1.807, 2.05) is 0 Å². The molecule has 1 saturated carbocycles. The molecule has 1 aromatic carbocycles. The van der Waals surface area contributed by atoms with E-state index in [-0.39, 0.29) is 24.4 Å². The third kappa shape index (κ3) is 4.60. The average molecular weight is 388 g/mol. The lowest BCUT2D eigenvalue weighted by atomic mass is 10.2. The number of hydrogen-bond donors (Lipinski definition) is 2. The molecule has 1 amide bonds. The summed E-state index contributed by atoms with van der Waals surface area (Å²) in [6.07, 6.45) is 4.80. The fourth-order valence-corrected chi connectivity index (χ4v) is 3.44. The number of ether oxygens (including phenoxy) is 1. The summed E-state index contributed by atoms with van der Waals surface area (Å²) < 4.78 is 5.90. The number of thiazole rings is 1. The number of hydrogen-bond acceptors (Lipinski definition) is 5. The van der Waals surface area contributed by atoms with E-state index in [1.165, 1.54) is 24.2 Å². The quantitative estimate of drug-likeness (QED) is 0.803. The molecule has 1 fully saturated rings. The molecule has 1 aliphatic rings. The van der Waals surface area contributed by atoms with Crippen molar-refractivity contribution in [3.05, 3.63) is 39.3 Å². The van der Waals surface area contributed by atoms with Crippen LogP contribution in [0.1, 0.15) is 41.2 Å². The summed E-state index contributed by atoms with van der Waals surface area (Å²) in [5.74, 6) is 0.386. The molecule has 0 aliphatic heterocycles. The molecule has 1 aromatic heterocycles. The number of carbonyl (C=O) groups is 1. The van der Waals surface area contributed by atoms with E-state index in [0.29, 0.717) is 28.7 Å². The van der Waals surface area contributed by atoms with Crippen LogP contribution in [-0.4, -0.2) is 17.0 Å². The van der Waals surface area contributed by atoms with E-state index in [2.05, 4.69) is 10.3 Å². The monoisotopic (exact) mass is 387 g/mol. The lowest BCUT2D eigenvalue weighted by Gasteiger charge is -2.15. The summed E-state index contributed by atoms with van der Waals surface area (Å²) in [6.45, 7) is 0.330. The second kappa shape index (κ2) is 8.67. The molecule has 2 aromatic rings. The van der Waals surface area contributed by atoms with Gasteiger partial charge in [0.2, 0.25) is 0 Å². The van der Waals surface area contributed by atoms with Crippen molar-refractivity contribution in [2.45, 2.75) is 38.3 Å². The van der Waals surface area contributed by atoms with Crippen molar-refractivity contribution in [1.82, 2.24) is 4.98 Å². The second-order valence-electron chi connectivity index (χ2n) is 5.45. The van der Waals surface area contributed by atoms with Gasteiger partial charge >= 0.3 is 0 Å². The van der Waals surface area contributed by atoms with Crippen molar-refractivity contribution < 1.29 is 9.53 Å². The number of nitrogens with zero attached hydrogens (tertiary/aromatic N) is 1. The molecule has 0 radical (unpaired) electrons. The number of rotatable bonds is 5. The van der Waals surface area contributed by atoms with Crippen molar-refractivity contribution in [2.75, 3.05) is 5.32 Å². The van der Waals surface area contributed by atoms with Gasteiger partial charge in [0.15, 0.2) is 0 Å². The first-order chi connectivity index (χ1) is 11.2. The Balaban J connectivity index is 0.00000208. The smallest absolute Gasteiger partial charge is 0.275 e. The average Bonchev–Trinajstić information content (AvgIpc) is 3.21. The highest BCUT2D eigenvalue weighted by Gasteiger charge is 2.18. The largest absolute Gasteiger partial charge is 0.489 e. The third-order valence-corrected chi connectivity index (χ3v) is 4.91. The fraction of sp³-hybridized carbons (Fsp3) is 0.375. The molecule has 8 heteroatoms. The minimum absolute atomic E-state index is 0. The van der Waals surface area contributed by atoms with Crippen LogP contribution in [0.4, 0.5) is 5.69 Å². The zero-order valence-corrected chi connectivity index (χ0v) is 15.3. The zero-order chi connectivity index (χ0) is 16.2. The van der Waals surface area contributed by atoms with Crippen molar-refractivity contribution in [3.8, 4) is 5.75 Å². The van der Waals surface area contributed by atoms with Crippen LogP contribution in [0.3, 0.4) is 0 Å². The molecule has 24 heavy (non-hydrogen) atoms. The maximum absolute atomic E-state index is 12.1. The van der Waals surface area contributed by atoms with Crippen LogP contribution in [0.15, 0.2) is 23.6 Å². The van der Waals surface area contributed by atoms with Gasteiger partial charge in [-0.1, -0.05) is 11.6 Å². The predicted molar refractivity (Wildman–Crippen MR) is 99.5 cm³/mol. The number of anilines is 1. The van der Waals surface area contributed by atoms with E-state index < -0.39 is 0 Å². The van der Waals surface area contributed by atoms with E-state index >= 15 is 0 Å². The van der Waals surface area contributed by atoms with E-state index in [9.17, 15) is 4.79 Å². The Hall–Kier alpha value is -1.34. The van der Waals surface area contributed by atoms with Crippen molar-refractivity contribution >= 4 is 46.9 Å². The number of benzene rings is 1. The van der Waals surface area contributed by atoms with Crippen LogP contribution in [0.25, 0.3) is 0 Å². The maximum atomic E-state index is 12.1. The molecular weight excluding hydrogens is 369 g/mol. The summed E-state index contributed by atoms with van der Waals surface area (Å²) in [7, 11) is 0. The molecule has 1 aliphatic carbocycles. The van der Waals surface area contributed by atoms with Gasteiger partial charge in [-0.15, -0.1) is 23.7 Å². The van der Waals surface area contributed by atoms with Crippen LogP contribution in [0.5, 0.6) is 5.75 Å². The molecule has 3 N–H and O–H groups in total. The van der Waals surface area contributed by atoms with Crippen molar-refractivity contribution in [3.63, 3.8) is 0 Å². The number of nitrogens with two attached hydrogens (primary N) is 1. The first kappa shape index (κ1) is 19.0. The van der Waals surface area contributed by atoms with Crippen LogP contribution in [-0.2, 0) is 6.54 Å². The highest BCUT2D eigenvalue weighted by atomic mass is 35.5. The topological polar surface area (TPSA) is 77.2 Å². The van der Waals surface area contributed by atoms with Gasteiger partial charge in [-0.05, 0) is 43.9 Å². The number of nitrogens with one attached hydrogen (secondary N) is 1. The Kier molecular flexibility index (Phi) is 6.86. The van der Waals surface area contributed by atoms with Crippen molar-refractivity contribution in [1.29, 1.82) is 0 Å². The minimum atomic E-state index is -0.276. The first-order valence-electron chi connectivity index (χ1n) is 7.57. The van der Waals surface area contributed by atoms with E-state index in [1.54, 1.807) is 23.6 Å². The third-order valence-electron chi connectivity index (χ3n) is 3.74. The highest BCUT2D eigenvalue weighted by molar-refractivity contribution is 7.09. The highest BCUT2D eigenvalue weighted by Crippen LogP contribution is 2.31. The van der Waals surface area contributed by atoms with Gasteiger partial charge in [-0.2, -0.15) is 0 Å². The standard InChI is InChI=1S/C16H18ClN3O2S.ClH/c17-12-7-10(5-6-14(12)22-11-3-1-2-4-11)19-16(21)13-9-23-15(8-18)20-13;/h5-7,9,11H,1-4,8,18H2,(H,19,21);1H. The molecular formula is C16H19Cl2N3O2S. The van der Waals surface area contributed by atoms with Crippen LogP contribution in [0.2, 0.25) is 5.02 Å². The Morgan fingerprint density at radius 1 is 1.42 bits per heavy atom. The molecule has 0 unspecified atom stereocenters. The summed E-state index contributed by atoms with van der Waals surface area (Å²) in [5, 5.41) is 5.70. The number of amides is 1. The lowest BCUT2D eigenvalue weighted by Crippen LogP contribution is -2.13. The fourth-order valence-electron chi connectivity index (χ4n) is 2.56.